The number of carbonyl (C=O) groups is 3. The largest absolute Gasteiger partial charge is 0.478 e. The normalized spacial score (nSPS) is 20.6. The summed E-state index contributed by atoms with van der Waals surface area (Å²) >= 11 is 0. The maximum absolute atomic E-state index is 13.0. The number of fused-ring (bicyclic) bond motifs is 2. The molecule has 1 unspecified atom stereocenters. The minimum Gasteiger partial charge on any atom is -0.478 e. The highest BCUT2D eigenvalue weighted by molar-refractivity contribution is 5.90. The molecule has 1 aliphatic carbocycles. The first-order valence-electron chi connectivity index (χ1n) is 12.8. The van der Waals surface area contributed by atoms with E-state index in [0.717, 1.165) is 24.9 Å². The summed E-state index contributed by atoms with van der Waals surface area (Å²) < 4.78 is 2.41. The Morgan fingerprint density at radius 2 is 1.87 bits per heavy atom. The van der Waals surface area contributed by atoms with Gasteiger partial charge < -0.3 is 25.0 Å². The van der Waals surface area contributed by atoms with E-state index in [9.17, 15) is 14.4 Å². The Hall–Kier alpha value is -3.98. The van der Waals surface area contributed by atoms with Crippen molar-refractivity contribution in [3.63, 3.8) is 0 Å². The van der Waals surface area contributed by atoms with Crippen molar-refractivity contribution in [2.45, 2.75) is 51.2 Å². The third-order valence-electron chi connectivity index (χ3n) is 7.36. The number of carboxylic acid groups (broad SMARTS) is 2. The second kappa shape index (κ2) is 11.6. The molecule has 9 nitrogen and oxygen atoms in total. The lowest BCUT2D eigenvalue weighted by atomic mass is 9.72. The van der Waals surface area contributed by atoms with Gasteiger partial charge in [0.2, 0.25) is 5.91 Å². The van der Waals surface area contributed by atoms with Gasteiger partial charge in [0.05, 0.1) is 5.92 Å². The van der Waals surface area contributed by atoms with Crippen LogP contribution in [0.4, 0.5) is 0 Å². The number of piperidine rings is 1. The molecule has 2 aromatic heterocycles. The van der Waals surface area contributed by atoms with Crippen LogP contribution in [0.1, 0.15) is 48.9 Å². The van der Waals surface area contributed by atoms with Gasteiger partial charge in [0, 0.05) is 72.7 Å². The van der Waals surface area contributed by atoms with Crippen molar-refractivity contribution >= 4 is 28.7 Å². The van der Waals surface area contributed by atoms with Gasteiger partial charge in [0.25, 0.3) is 0 Å². The molecule has 38 heavy (non-hydrogen) atoms. The molecule has 3 N–H and O–H groups in total. The number of carboxylic acids is 2. The number of aliphatic carboxylic acids is 2. The third kappa shape index (κ3) is 5.94. The van der Waals surface area contributed by atoms with Gasteiger partial charge in [0.1, 0.15) is 0 Å². The molecule has 1 saturated heterocycles. The molecule has 5 rings (SSSR count). The first kappa shape index (κ1) is 27.1. The lowest BCUT2D eigenvalue weighted by molar-refractivity contribution is -0.134. The zero-order valence-electron chi connectivity index (χ0n) is 21.9. The molecular formula is C29H34N4O5. The highest BCUT2D eigenvalue weighted by Crippen LogP contribution is 2.45. The zero-order chi connectivity index (χ0) is 27.4. The minimum absolute atomic E-state index is 0.0110. The highest BCUT2D eigenvalue weighted by Gasteiger charge is 2.41. The quantitative estimate of drug-likeness (QED) is 0.426. The van der Waals surface area contributed by atoms with Gasteiger partial charge in [-0.05, 0) is 62.6 Å². The molecule has 3 aromatic rings. The number of hydrogen-bond donors (Lipinski definition) is 3. The molecule has 2 aliphatic rings. The summed E-state index contributed by atoms with van der Waals surface area (Å²) in [5.41, 5.74) is 5.26. The van der Waals surface area contributed by atoms with Crippen LogP contribution in [0, 0.1) is 5.92 Å². The Morgan fingerprint density at radius 1 is 1.13 bits per heavy atom. The highest BCUT2D eigenvalue weighted by atomic mass is 16.4. The monoisotopic (exact) mass is 518 g/mol. The topological polar surface area (TPSA) is 125 Å². The minimum atomic E-state index is -1.26. The van der Waals surface area contributed by atoms with Crippen LogP contribution in [0.15, 0.2) is 61.1 Å². The fourth-order valence-corrected chi connectivity index (χ4v) is 5.67. The Morgan fingerprint density at radius 3 is 2.50 bits per heavy atom. The number of rotatable bonds is 6. The van der Waals surface area contributed by atoms with E-state index in [2.05, 4.69) is 65.1 Å². The van der Waals surface area contributed by atoms with E-state index in [1.54, 1.807) is 6.20 Å². The van der Waals surface area contributed by atoms with Crippen molar-refractivity contribution < 1.29 is 24.6 Å². The van der Waals surface area contributed by atoms with E-state index in [1.165, 1.54) is 22.0 Å². The van der Waals surface area contributed by atoms with Crippen LogP contribution in [-0.2, 0) is 27.3 Å². The Bertz CT molecular complexity index is 1330. The molecule has 1 aromatic carbocycles. The van der Waals surface area contributed by atoms with Gasteiger partial charge in [-0.1, -0.05) is 18.2 Å². The predicted molar refractivity (Wildman–Crippen MR) is 144 cm³/mol. The number of benzene rings is 1. The first-order chi connectivity index (χ1) is 18.2. The number of carbonyl (C=O) groups excluding carboxylic acids is 1. The van der Waals surface area contributed by atoms with Crippen LogP contribution in [0.5, 0.6) is 0 Å². The van der Waals surface area contributed by atoms with Crippen molar-refractivity contribution in [2.75, 3.05) is 13.6 Å². The maximum Gasteiger partial charge on any atom is 0.328 e. The summed E-state index contributed by atoms with van der Waals surface area (Å²) in [6, 6.07) is 11.5. The van der Waals surface area contributed by atoms with Crippen LogP contribution < -0.4 is 5.32 Å². The number of pyridine rings is 1. The Labute approximate surface area is 221 Å². The van der Waals surface area contributed by atoms with Crippen molar-refractivity contribution in [1.29, 1.82) is 0 Å². The smallest absolute Gasteiger partial charge is 0.328 e. The van der Waals surface area contributed by atoms with Crippen LogP contribution in [-0.4, -0.2) is 62.1 Å². The third-order valence-corrected chi connectivity index (χ3v) is 7.36. The average molecular weight is 519 g/mol. The molecule has 1 aliphatic heterocycles. The maximum atomic E-state index is 13.0. The summed E-state index contributed by atoms with van der Waals surface area (Å²) in [6.45, 7) is 5.85. The van der Waals surface area contributed by atoms with Crippen LogP contribution in [0.2, 0.25) is 0 Å². The summed E-state index contributed by atoms with van der Waals surface area (Å²) in [5.74, 6) is -1.95. The number of aromatic nitrogens is 2. The first-order valence-corrected chi connectivity index (χ1v) is 12.8. The molecule has 3 atom stereocenters. The van der Waals surface area contributed by atoms with Gasteiger partial charge in [-0.3, -0.25) is 9.78 Å². The van der Waals surface area contributed by atoms with Crippen molar-refractivity contribution in [1.82, 2.24) is 19.8 Å². The van der Waals surface area contributed by atoms with Crippen molar-refractivity contribution in [2.24, 2.45) is 5.92 Å². The number of amides is 1. The predicted octanol–water partition coefficient (Wildman–Crippen LogP) is 3.61. The molecule has 0 radical (unpaired) electrons. The summed E-state index contributed by atoms with van der Waals surface area (Å²) in [7, 11) is 2.18. The summed E-state index contributed by atoms with van der Waals surface area (Å²) in [6.07, 6.45) is 9.02. The standard InChI is InChI=1S/C25H30N4O.C4H4O4/c1-16(2)29-15-18-11-23-21(20-7-4-8-22(29)24(18)20)10-19(14-28(23)3)25(30)27-13-17-6-5-9-26-12-17;5-3(6)1-2-4(7)8/h4-9,12,15-16,19,21,23H,10-11,13-14H2,1-3H3,(H,27,30);1-2H,(H,5,6)(H,7,8)/b;2-1-/t19-,21?,23-;/m1./s1. The number of likely N-dealkylation sites (tertiary alicyclic amines) is 1. The van der Waals surface area contributed by atoms with Gasteiger partial charge >= 0.3 is 11.9 Å². The molecule has 3 heterocycles. The molecule has 1 amide bonds. The molecule has 1 fully saturated rings. The lowest BCUT2D eigenvalue weighted by Crippen LogP contribution is -2.51. The second-order valence-corrected chi connectivity index (χ2v) is 10.2. The van der Waals surface area contributed by atoms with E-state index >= 15 is 0 Å². The van der Waals surface area contributed by atoms with E-state index in [4.69, 9.17) is 10.2 Å². The fourth-order valence-electron chi connectivity index (χ4n) is 5.67. The van der Waals surface area contributed by atoms with Gasteiger partial charge in [-0.2, -0.15) is 0 Å². The number of nitrogens with one attached hydrogen (secondary N) is 1. The average Bonchev–Trinajstić information content (AvgIpc) is 3.27. The molecule has 0 bridgehead atoms. The molecule has 200 valence electrons. The van der Waals surface area contributed by atoms with E-state index < -0.39 is 11.9 Å². The number of likely N-dealkylation sites (N-methyl/N-ethyl adjacent to an activating group) is 1. The number of nitrogens with zero attached hydrogens (tertiary/aromatic N) is 3. The van der Waals surface area contributed by atoms with Crippen LogP contribution >= 0.6 is 0 Å². The number of hydrogen-bond acceptors (Lipinski definition) is 5. The molecule has 9 heteroatoms. The SMILES string of the molecule is CC(C)n1cc2c3c(cccc31)C1C[C@@H](C(=O)NCc3cccnc3)CN(C)[C@@H]1C2.O=C(O)/C=C\C(=O)O. The van der Waals surface area contributed by atoms with E-state index in [-0.39, 0.29) is 11.8 Å². The molecule has 0 spiro atoms. The lowest BCUT2D eigenvalue weighted by Gasteiger charge is -2.45. The summed E-state index contributed by atoms with van der Waals surface area (Å²) in [5, 5.41) is 20.2. The second-order valence-electron chi connectivity index (χ2n) is 10.2. The van der Waals surface area contributed by atoms with Gasteiger partial charge in [-0.15, -0.1) is 0 Å². The van der Waals surface area contributed by atoms with Crippen molar-refractivity contribution in [3.8, 4) is 0 Å². The fraction of sp³-hybridized carbons (Fsp3) is 0.379. The Kier molecular flexibility index (Phi) is 8.26. The van der Waals surface area contributed by atoms with Crippen LogP contribution in [0.25, 0.3) is 10.9 Å². The van der Waals surface area contributed by atoms with Gasteiger partial charge in [0.15, 0.2) is 0 Å². The van der Waals surface area contributed by atoms with Gasteiger partial charge in [-0.25, -0.2) is 9.59 Å². The molecular weight excluding hydrogens is 484 g/mol. The molecule has 0 saturated carbocycles. The van der Waals surface area contributed by atoms with E-state index in [1.807, 2.05) is 18.3 Å². The van der Waals surface area contributed by atoms with E-state index in [0.29, 0.717) is 36.7 Å². The summed E-state index contributed by atoms with van der Waals surface area (Å²) in [4.78, 5) is 38.7. The Balaban J connectivity index is 0.000000368. The van der Waals surface area contributed by atoms with Crippen molar-refractivity contribution in [3.05, 3.63) is 77.8 Å². The van der Waals surface area contributed by atoms with Crippen LogP contribution in [0.3, 0.4) is 0 Å². The zero-order valence-corrected chi connectivity index (χ0v) is 21.9.